The number of aliphatic carboxylic acids is 1. The molecule has 1 N–H and O–H groups in total. The average Bonchev–Trinajstić information content (AvgIpc) is 2.43. The highest BCUT2D eigenvalue weighted by Gasteiger charge is 2.29. The summed E-state index contributed by atoms with van der Waals surface area (Å²) in [7, 11) is 0. The third kappa shape index (κ3) is 3.98. The van der Waals surface area contributed by atoms with Crippen LogP contribution in [0, 0.1) is 5.82 Å². The molecule has 0 amide bonds. The third-order valence-electron chi connectivity index (χ3n) is 2.83. The Morgan fingerprint density at radius 2 is 1.73 bits per heavy atom. The molecule has 0 unspecified atom stereocenters. The van der Waals surface area contributed by atoms with Crippen molar-refractivity contribution in [3.8, 4) is 17.2 Å². The van der Waals surface area contributed by atoms with Crippen molar-refractivity contribution in [2.24, 2.45) is 0 Å². The minimum absolute atomic E-state index is 0.0998. The molecular weight excluding hydrogens is 355 g/mol. The molecule has 0 bridgehead atoms. The lowest BCUT2D eigenvalue weighted by Crippen LogP contribution is -2.37. The fourth-order valence-electron chi connectivity index (χ4n) is 1.60. The molecule has 116 valence electrons. The highest BCUT2D eigenvalue weighted by molar-refractivity contribution is 9.10. The molecule has 0 fully saturated rings. The lowest BCUT2D eigenvalue weighted by atomic mass is 10.1. The van der Waals surface area contributed by atoms with E-state index in [-0.39, 0.29) is 5.75 Å². The molecule has 0 aliphatic heterocycles. The molecule has 2 rings (SSSR count). The lowest BCUT2D eigenvalue weighted by Gasteiger charge is -2.21. The van der Waals surface area contributed by atoms with E-state index in [9.17, 15) is 9.18 Å². The van der Waals surface area contributed by atoms with Gasteiger partial charge >= 0.3 is 5.97 Å². The minimum atomic E-state index is -1.33. The minimum Gasteiger partial charge on any atom is -0.478 e. The van der Waals surface area contributed by atoms with E-state index in [0.29, 0.717) is 16.0 Å². The first kappa shape index (κ1) is 16.3. The second-order valence-electron chi connectivity index (χ2n) is 5.07. The van der Waals surface area contributed by atoms with Crippen LogP contribution in [0.15, 0.2) is 46.9 Å². The number of carboxylic acid groups (broad SMARTS) is 1. The van der Waals surface area contributed by atoms with Crippen molar-refractivity contribution in [2.45, 2.75) is 19.4 Å². The Labute approximate surface area is 135 Å². The van der Waals surface area contributed by atoms with Crippen molar-refractivity contribution in [1.29, 1.82) is 0 Å². The Morgan fingerprint density at radius 3 is 2.27 bits per heavy atom. The fourth-order valence-corrected chi connectivity index (χ4v) is 1.93. The highest BCUT2D eigenvalue weighted by Crippen LogP contribution is 2.28. The number of hydrogen-bond acceptors (Lipinski definition) is 3. The number of rotatable bonds is 5. The van der Waals surface area contributed by atoms with Gasteiger partial charge < -0.3 is 14.6 Å². The number of halogens is 2. The predicted molar refractivity (Wildman–Crippen MR) is 83.0 cm³/mol. The van der Waals surface area contributed by atoms with Gasteiger partial charge in [0.25, 0.3) is 0 Å². The van der Waals surface area contributed by atoms with E-state index in [1.54, 1.807) is 30.3 Å². The second kappa shape index (κ2) is 6.36. The van der Waals surface area contributed by atoms with Gasteiger partial charge in [0.15, 0.2) is 17.2 Å². The van der Waals surface area contributed by atoms with Crippen LogP contribution in [0.3, 0.4) is 0 Å². The largest absolute Gasteiger partial charge is 0.478 e. The van der Waals surface area contributed by atoms with Crippen LogP contribution in [-0.2, 0) is 4.79 Å². The zero-order chi connectivity index (χ0) is 16.3. The van der Waals surface area contributed by atoms with Crippen LogP contribution >= 0.6 is 15.9 Å². The molecule has 0 heterocycles. The maximum absolute atomic E-state index is 13.7. The molecule has 0 atom stereocenters. The van der Waals surface area contributed by atoms with E-state index in [1.165, 1.54) is 26.0 Å². The Morgan fingerprint density at radius 1 is 1.14 bits per heavy atom. The van der Waals surface area contributed by atoms with Gasteiger partial charge in [0.1, 0.15) is 11.5 Å². The molecule has 6 heteroatoms. The molecule has 4 nitrogen and oxygen atoms in total. The van der Waals surface area contributed by atoms with E-state index >= 15 is 0 Å². The molecule has 0 aliphatic rings. The van der Waals surface area contributed by atoms with Crippen LogP contribution in [0.5, 0.6) is 17.2 Å². The maximum Gasteiger partial charge on any atom is 0.347 e. The molecule has 0 saturated heterocycles. The molecule has 0 spiro atoms. The van der Waals surface area contributed by atoms with Gasteiger partial charge in [-0.15, -0.1) is 0 Å². The van der Waals surface area contributed by atoms with Gasteiger partial charge in [0.05, 0.1) is 0 Å². The summed E-state index contributed by atoms with van der Waals surface area (Å²) in [5, 5.41) is 9.01. The van der Waals surface area contributed by atoms with Gasteiger partial charge in [-0.25, -0.2) is 9.18 Å². The van der Waals surface area contributed by atoms with Crippen molar-refractivity contribution in [3.63, 3.8) is 0 Å². The van der Waals surface area contributed by atoms with Crippen LogP contribution in [0.2, 0.25) is 0 Å². The van der Waals surface area contributed by atoms with E-state index in [1.807, 2.05) is 0 Å². The number of hydrogen-bond donors (Lipinski definition) is 1. The summed E-state index contributed by atoms with van der Waals surface area (Å²) in [6.07, 6.45) is 0. The molecule has 22 heavy (non-hydrogen) atoms. The fraction of sp³-hybridized carbons (Fsp3) is 0.188. The van der Waals surface area contributed by atoms with Crippen LogP contribution in [0.25, 0.3) is 0 Å². The van der Waals surface area contributed by atoms with Crippen LogP contribution in [-0.4, -0.2) is 16.7 Å². The SMILES string of the molecule is CC(C)(Oc1ccc(Oc2ccc(Br)cc2F)cc1)C(=O)O. The van der Waals surface area contributed by atoms with Crippen LogP contribution in [0.1, 0.15) is 13.8 Å². The number of carboxylic acids is 1. The van der Waals surface area contributed by atoms with Gasteiger partial charge in [-0.3, -0.25) is 0 Å². The average molecular weight is 369 g/mol. The van der Waals surface area contributed by atoms with Crippen molar-refractivity contribution < 1.29 is 23.8 Å². The van der Waals surface area contributed by atoms with Crippen molar-refractivity contribution in [1.82, 2.24) is 0 Å². The first-order chi connectivity index (χ1) is 10.3. The van der Waals surface area contributed by atoms with Gasteiger partial charge in [0.2, 0.25) is 0 Å². The molecule has 2 aromatic rings. The van der Waals surface area contributed by atoms with Gasteiger partial charge in [-0.2, -0.15) is 0 Å². The molecule has 0 radical (unpaired) electrons. The zero-order valence-electron chi connectivity index (χ0n) is 12.0. The van der Waals surface area contributed by atoms with E-state index in [2.05, 4.69) is 15.9 Å². The summed E-state index contributed by atoms with van der Waals surface area (Å²) in [6, 6.07) is 10.8. The lowest BCUT2D eigenvalue weighted by molar-refractivity contribution is -0.152. The molecule has 0 aliphatic carbocycles. The van der Waals surface area contributed by atoms with Gasteiger partial charge in [-0.05, 0) is 56.3 Å². The van der Waals surface area contributed by atoms with E-state index in [4.69, 9.17) is 14.6 Å². The Balaban J connectivity index is 2.11. The Kier molecular flexibility index (Phi) is 4.71. The molecule has 0 saturated carbocycles. The zero-order valence-corrected chi connectivity index (χ0v) is 13.6. The number of ether oxygens (including phenoxy) is 2. The van der Waals surface area contributed by atoms with Crippen molar-refractivity contribution in [2.75, 3.05) is 0 Å². The summed E-state index contributed by atoms with van der Waals surface area (Å²) in [4.78, 5) is 11.0. The summed E-state index contributed by atoms with van der Waals surface area (Å²) in [6.45, 7) is 2.91. The first-order valence-corrected chi connectivity index (χ1v) is 7.22. The van der Waals surface area contributed by atoms with Crippen molar-refractivity contribution in [3.05, 3.63) is 52.8 Å². The Bertz CT molecular complexity index is 683. The van der Waals surface area contributed by atoms with Crippen LogP contribution in [0.4, 0.5) is 4.39 Å². The molecule has 0 aromatic heterocycles. The normalized spacial score (nSPS) is 11.1. The summed E-state index contributed by atoms with van der Waals surface area (Å²) in [5.41, 5.74) is -1.33. The Hall–Kier alpha value is -2.08. The number of benzene rings is 2. The van der Waals surface area contributed by atoms with Crippen LogP contribution < -0.4 is 9.47 Å². The monoisotopic (exact) mass is 368 g/mol. The van der Waals surface area contributed by atoms with Gasteiger partial charge in [-0.1, -0.05) is 15.9 Å². The standard InChI is InChI=1S/C16H14BrFO4/c1-16(2,15(19)20)22-12-6-4-11(5-7-12)21-14-8-3-10(17)9-13(14)18/h3-9H,1-2H3,(H,19,20). The topological polar surface area (TPSA) is 55.8 Å². The second-order valence-corrected chi connectivity index (χ2v) is 5.98. The summed E-state index contributed by atoms with van der Waals surface area (Å²) >= 11 is 3.17. The highest BCUT2D eigenvalue weighted by atomic mass is 79.9. The van der Waals surface area contributed by atoms with Crippen molar-refractivity contribution >= 4 is 21.9 Å². The van der Waals surface area contributed by atoms with E-state index in [0.717, 1.165) is 0 Å². The smallest absolute Gasteiger partial charge is 0.347 e. The summed E-state index contributed by atoms with van der Waals surface area (Å²) < 4.78 is 25.1. The summed E-state index contributed by atoms with van der Waals surface area (Å²) in [5.74, 6) is -0.646. The van der Waals surface area contributed by atoms with E-state index < -0.39 is 17.4 Å². The molecular formula is C16H14BrFO4. The predicted octanol–water partition coefficient (Wildman–Crippen LogP) is 4.62. The third-order valence-corrected chi connectivity index (χ3v) is 3.33. The number of carbonyl (C=O) groups is 1. The molecule has 2 aromatic carbocycles. The quantitative estimate of drug-likeness (QED) is 0.836. The van der Waals surface area contributed by atoms with Gasteiger partial charge in [0, 0.05) is 4.47 Å². The first-order valence-electron chi connectivity index (χ1n) is 6.43. The maximum atomic E-state index is 13.7.